The summed E-state index contributed by atoms with van der Waals surface area (Å²) in [4.78, 5) is 14.6. The number of carbonyl (C=O) groups excluding carboxylic acids is 1. The predicted octanol–water partition coefficient (Wildman–Crippen LogP) is 4.00. The minimum atomic E-state index is -4.55. The van der Waals surface area contributed by atoms with Gasteiger partial charge in [-0.05, 0) is 67.1 Å². The summed E-state index contributed by atoms with van der Waals surface area (Å²) in [6.07, 6.45) is 1.36. The maximum Gasteiger partial charge on any atom is 0.416 e. The van der Waals surface area contributed by atoms with Gasteiger partial charge in [-0.1, -0.05) is 12.1 Å². The van der Waals surface area contributed by atoms with E-state index in [9.17, 15) is 18.0 Å². The van der Waals surface area contributed by atoms with Gasteiger partial charge in [-0.2, -0.15) is 13.2 Å². The largest absolute Gasteiger partial charge is 0.416 e. The molecule has 1 saturated carbocycles. The van der Waals surface area contributed by atoms with E-state index in [1.54, 1.807) is 24.3 Å². The van der Waals surface area contributed by atoms with Gasteiger partial charge in [0, 0.05) is 35.7 Å². The number of rotatable bonds is 7. The molecule has 9 heteroatoms. The van der Waals surface area contributed by atoms with Crippen LogP contribution < -0.4 is 21.8 Å². The Morgan fingerprint density at radius 1 is 1.21 bits per heavy atom. The number of halogens is 3. The summed E-state index contributed by atoms with van der Waals surface area (Å²) in [7, 11) is 0. The van der Waals surface area contributed by atoms with Gasteiger partial charge >= 0.3 is 6.18 Å². The first-order valence-electron chi connectivity index (χ1n) is 10.9. The highest BCUT2D eigenvalue weighted by Crippen LogP contribution is 2.40. The summed E-state index contributed by atoms with van der Waals surface area (Å²) in [6, 6.07) is 9.81. The van der Waals surface area contributed by atoms with Gasteiger partial charge in [0.2, 0.25) is 0 Å². The lowest BCUT2D eigenvalue weighted by molar-refractivity contribution is -0.138. The zero-order valence-electron chi connectivity index (χ0n) is 18.5. The highest BCUT2D eigenvalue weighted by atomic mass is 19.4. The molecule has 1 heterocycles. The Balaban J connectivity index is 1.63. The summed E-state index contributed by atoms with van der Waals surface area (Å²) in [5.41, 5.74) is 6.46. The Morgan fingerprint density at radius 2 is 1.97 bits per heavy atom. The van der Waals surface area contributed by atoms with E-state index in [2.05, 4.69) is 12.2 Å². The Hall–Kier alpha value is -3.04. The summed E-state index contributed by atoms with van der Waals surface area (Å²) in [6.45, 7) is 2.56. The van der Waals surface area contributed by atoms with Crippen molar-refractivity contribution in [2.75, 3.05) is 4.90 Å². The number of nitrogens with one attached hydrogen (secondary N) is 1. The number of nitrogens with zero attached hydrogens (tertiary/aromatic N) is 2. The van der Waals surface area contributed by atoms with Crippen molar-refractivity contribution >= 4 is 11.6 Å². The minimum Gasteiger partial charge on any atom is -0.403 e. The quantitative estimate of drug-likeness (QED) is 0.430. The highest BCUT2D eigenvalue weighted by Gasteiger charge is 2.40. The van der Waals surface area contributed by atoms with Crippen molar-refractivity contribution in [1.29, 1.82) is 0 Å². The van der Waals surface area contributed by atoms with Crippen molar-refractivity contribution < 1.29 is 18.0 Å². The van der Waals surface area contributed by atoms with E-state index in [1.165, 1.54) is 28.4 Å². The molecule has 0 aromatic heterocycles. The first kappa shape index (κ1) is 23.1. The number of anilines is 1. The molecule has 2 aromatic carbocycles. The number of carbonyl (C=O) groups is 1. The van der Waals surface area contributed by atoms with E-state index >= 15 is 0 Å². The predicted molar refractivity (Wildman–Crippen MR) is 121 cm³/mol. The van der Waals surface area contributed by atoms with Crippen LogP contribution in [0.15, 0.2) is 48.8 Å². The first-order valence-corrected chi connectivity index (χ1v) is 10.9. The van der Waals surface area contributed by atoms with Gasteiger partial charge in [0.1, 0.15) is 0 Å². The van der Waals surface area contributed by atoms with E-state index in [-0.39, 0.29) is 29.8 Å². The van der Waals surface area contributed by atoms with Gasteiger partial charge < -0.3 is 21.0 Å². The normalized spacial score (nSPS) is 17.4. The van der Waals surface area contributed by atoms with Crippen LogP contribution in [0.1, 0.15) is 58.8 Å². The van der Waals surface area contributed by atoms with Crippen molar-refractivity contribution in [3.8, 4) is 0 Å². The van der Waals surface area contributed by atoms with E-state index in [0.29, 0.717) is 17.8 Å². The van der Waals surface area contributed by atoms with Crippen LogP contribution in [-0.2, 0) is 25.8 Å². The molecule has 0 spiro atoms. The molecule has 1 fully saturated rings. The second kappa shape index (κ2) is 8.72. The van der Waals surface area contributed by atoms with Crippen molar-refractivity contribution in [3.05, 3.63) is 76.6 Å². The lowest BCUT2D eigenvalue weighted by Gasteiger charge is -2.39. The molecule has 1 amide bonds. The van der Waals surface area contributed by atoms with Crippen LogP contribution in [0, 0.1) is 0 Å². The smallest absolute Gasteiger partial charge is 0.403 e. The van der Waals surface area contributed by atoms with Gasteiger partial charge in [-0.25, -0.2) is 5.84 Å². The van der Waals surface area contributed by atoms with Crippen molar-refractivity contribution in [2.24, 2.45) is 11.6 Å². The summed E-state index contributed by atoms with van der Waals surface area (Å²) in [5, 5.41) is 4.73. The van der Waals surface area contributed by atoms with Gasteiger partial charge in [0.05, 0.1) is 18.7 Å². The van der Waals surface area contributed by atoms with Crippen molar-refractivity contribution in [3.63, 3.8) is 0 Å². The van der Waals surface area contributed by atoms with E-state index in [4.69, 9.17) is 11.6 Å². The molecule has 0 saturated heterocycles. The molecular weight excluding hydrogens is 431 g/mol. The maximum atomic E-state index is 13.9. The molecule has 4 rings (SSSR count). The average molecular weight is 460 g/mol. The van der Waals surface area contributed by atoms with Gasteiger partial charge in [0.25, 0.3) is 5.91 Å². The topological polar surface area (TPSA) is 87.6 Å². The number of hydrogen-bond acceptors (Lipinski definition) is 5. The third kappa shape index (κ3) is 4.84. The molecule has 1 aliphatic carbocycles. The summed E-state index contributed by atoms with van der Waals surface area (Å²) < 4.78 is 41.8. The molecular formula is C24H28F3N5O. The van der Waals surface area contributed by atoms with Gasteiger partial charge in [-0.3, -0.25) is 4.79 Å². The van der Waals surface area contributed by atoms with E-state index in [1.807, 2.05) is 6.07 Å². The summed E-state index contributed by atoms with van der Waals surface area (Å²) in [5.74, 6) is 5.39. The van der Waals surface area contributed by atoms with E-state index in [0.717, 1.165) is 24.8 Å². The maximum absolute atomic E-state index is 13.9. The summed E-state index contributed by atoms with van der Waals surface area (Å²) >= 11 is 0. The van der Waals surface area contributed by atoms with E-state index < -0.39 is 17.6 Å². The van der Waals surface area contributed by atoms with Crippen molar-refractivity contribution in [1.82, 2.24) is 10.3 Å². The fourth-order valence-electron chi connectivity index (χ4n) is 4.43. The number of alkyl halides is 3. The second-order valence-electron chi connectivity index (χ2n) is 9.01. The van der Waals surface area contributed by atoms with Crippen molar-refractivity contribution in [2.45, 2.75) is 57.5 Å². The molecule has 6 nitrogen and oxygen atoms in total. The lowest BCUT2D eigenvalue weighted by atomic mass is 9.78. The molecule has 2 aromatic rings. The Bertz CT molecular complexity index is 1080. The molecule has 5 N–H and O–H groups in total. The fraction of sp³-hybridized carbons (Fsp3) is 0.375. The Morgan fingerprint density at radius 3 is 2.61 bits per heavy atom. The monoisotopic (exact) mass is 459 g/mol. The third-order valence-corrected chi connectivity index (χ3v) is 6.45. The average Bonchev–Trinajstić information content (AvgIpc) is 3.06. The number of hydrogen-bond donors (Lipinski definition) is 3. The number of hydrazine groups is 1. The molecule has 0 atom stereocenters. The zero-order valence-corrected chi connectivity index (χ0v) is 18.5. The molecule has 33 heavy (non-hydrogen) atoms. The second-order valence-corrected chi connectivity index (χ2v) is 9.01. The molecule has 176 valence electrons. The number of nitrogens with two attached hydrogens (primary N) is 2. The Kier molecular flexibility index (Phi) is 6.11. The van der Waals surface area contributed by atoms with Crippen LogP contribution in [0.2, 0.25) is 0 Å². The lowest BCUT2D eigenvalue weighted by Crippen LogP contribution is -2.47. The van der Waals surface area contributed by atoms with Gasteiger partial charge in [-0.15, -0.1) is 0 Å². The van der Waals surface area contributed by atoms with Crippen LogP contribution in [-0.4, -0.2) is 16.5 Å². The third-order valence-electron chi connectivity index (χ3n) is 6.45. The molecule has 0 radical (unpaired) electrons. The molecule has 0 bridgehead atoms. The van der Waals surface area contributed by atoms with Gasteiger partial charge in [0.15, 0.2) is 0 Å². The molecule has 2 aliphatic rings. The highest BCUT2D eigenvalue weighted by molar-refractivity contribution is 6.10. The molecule has 1 aliphatic heterocycles. The molecule has 0 unspecified atom stereocenters. The first-order chi connectivity index (χ1) is 15.6. The number of fused-ring (bicyclic) bond motifs is 1. The SMILES string of the molecule is CC1(NCc2cc3c(c(C(F)(F)F)c2)CN(c2cccc(CN(N)/C=C\N)c2)C3=O)CCC1. The fourth-order valence-corrected chi connectivity index (χ4v) is 4.43. The number of benzene rings is 2. The van der Waals surface area contributed by atoms with Crippen LogP contribution in [0.3, 0.4) is 0 Å². The number of amides is 1. The van der Waals surface area contributed by atoms with Crippen LogP contribution in [0.25, 0.3) is 0 Å². The standard InChI is InChI=1S/C24H28F3N5O/c1-23(6-3-7-23)30-13-17-11-19-20(21(12-17)24(25,26)27)15-32(22(19)33)18-5-2-4-16(10-18)14-31(29)9-8-28/h2,4-5,8-12,30H,3,6-7,13-15,28-29H2,1H3/b9-8-. The minimum absolute atomic E-state index is 0.0167. The Labute approximate surface area is 191 Å². The van der Waals surface area contributed by atoms with Crippen LogP contribution in [0.5, 0.6) is 0 Å². The van der Waals surface area contributed by atoms with Crippen LogP contribution >= 0.6 is 0 Å². The van der Waals surface area contributed by atoms with Crippen LogP contribution in [0.4, 0.5) is 18.9 Å². The zero-order chi connectivity index (χ0) is 23.8.